The van der Waals surface area contributed by atoms with E-state index < -0.39 is 5.82 Å². The summed E-state index contributed by atoms with van der Waals surface area (Å²) in [5.74, 6) is -0.974. The molecule has 0 aliphatic rings. The summed E-state index contributed by atoms with van der Waals surface area (Å²) in [6.45, 7) is 1.27. The number of nitriles is 1. The van der Waals surface area contributed by atoms with Gasteiger partial charge in [-0.1, -0.05) is 0 Å². The van der Waals surface area contributed by atoms with Gasteiger partial charge >= 0.3 is 0 Å². The number of hydrogen-bond acceptors (Lipinski definition) is 3. The molecule has 1 aromatic rings. The second-order valence-electron chi connectivity index (χ2n) is 2.22. The van der Waals surface area contributed by atoms with Crippen molar-refractivity contribution in [2.24, 2.45) is 0 Å². The molecule has 3 nitrogen and oxygen atoms in total. The van der Waals surface area contributed by atoms with Crippen LogP contribution in [0.5, 0.6) is 0 Å². The summed E-state index contributed by atoms with van der Waals surface area (Å²) in [6, 6.07) is 3.64. The molecule has 0 unspecified atom stereocenters. The van der Waals surface area contributed by atoms with Crippen LogP contribution in [-0.2, 0) is 0 Å². The van der Waals surface area contributed by atoms with Crippen molar-refractivity contribution in [1.29, 1.82) is 5.26 Å². The smallest absolute Gasteiger partial charge is 0.178 e. The van der Waals surface area contributed by atoms with Crippen molar-refractivity contribution in [3.05, 3.63) is 29.3 Å². The number of nitrogens with zero attached hydrogens (tertiary/aromatic N) is 2. The molecule has 4 heteroatoms. The maximum atomic E-state index is 12.6. The molecule has 1 aromatic heterocycles. The van der Waals surface area contributed by atoms with Gasteiger partial charge in [-0.2, -0.15) is 5.26 Å². The zero-order valence-corrected chi connectivity index (χ0v) is 6.34. The van der Waals surface area contributed by atoms with E-state index >= 15 is 0 Å². The molecule has 0 atom stereocenters. The van der Waals surface area contributed by atoms with Crippen molar-refractivity contribution in [3.63, 3.8) is 0 Å². The van der Waals surface area contributed by atoms with Gasteiger partial charge in [0, 0.05) is 19.1 Å². The molecule has 0 saturated heterocycles. The van der Waals surface area contributed by atoms with E-state index in [9.17, 15) is 9.18 Å². The van der Waals surface area contributed by atoms with Gasteiger partial charge in [0.2, 0.25) is 0 Å². The Balaban J connectivity index is 3.26. The Kier molecular flexibility index (Phi) is 2.15. The molecule has 0 N–H and O–H groups in total. The van der Waals surface area contributed by atoms with E-state index in [1.807, 2.05) is 0 Å². The number of rotatable bonds is 1. The molecular formula is C8H5FN2O. The van der Waals surface area contributed by atoms with Crippen LogP contribution in [0.4, 0.5) is 4.39 Å². The minimum absolute atomic E-state index is 0.0217. The lowest BCUT2D eigenvalue weighted by Crippen LogP contribution is -1.99. The predicted octanol–water partition coefficient (Wildman–Crippen LogP) is 1.29. The Labute approximate surface area is 68.5 Å². The quantitative estimate of drug-likeness (QED) is 0.587. The lowest BCUT2D eigenvalue weighted by Gasteiger charge is -1.94. The van der Waals surface area contributed by atoms with Crippen molar-refractivity contribution >= 4 is 5.78 Å². The van der Waals surface area contributed by atoms with Gasteiger partial charge in [0.15, 0.2) is 5.78 Å². The minimum Gasteiger partial charge on any atom is -0.293 e. The molecule has 12 heavy (non-hydrogen) atoms. The first-order chi connectivity index (χ1) is 5.63. The van der Waals surface area contributed by atoms with Crippen LogP contribution in [0.2, 0.25) is 0 Å². The molecule has 0 aliphatic carbocycles. The Hall–Kier alpha value is -1.76. The number of aromatic nitrogens is 1. The Morgan fingerprint density at radius 3 is 2.83 bits per heavy atom. The van der Waals surface area contributed by atoms with Crippen LogP contribution < -0.4 is 0 Å². The van der Waals surface area contributed by atoms with Crippen LogP contribution in [0.1, 0.15) is 23.1 Å². The Morgan fingerprint density at radius 2 is 2.33 bits per heavy atom. The van der Waals surface area contributed by atoms with Gasteiger partial charge in [0.05, 0.1) is 0 Å². The first-order valence-corrected chi connectivity index (χ1v) is 3.22. The number of hydrogen-bond donors (Lipinski definition) is 0. The minimum atomic E-state index is -0.619. The highest BCUT2D eigenvalue weighted by Gasteiger charge is 2.05. The maximum Gasteiger partial charge on any atom is 0.178 e. The average molecular weight is 164 g/mol. The van der Waals surface area contributed by atoms with E-state index in [0.717, 1.165) is 12.1 Å². The molecular weight excluding hydrogens is 159 g/mol. The van der Waals surface area contributed by atoms with Gasteiger partial charge in [-0.05, 0) is 0 Å². The molecule has 1 rings (SSSR count). The largest absolute Gasteiger partial charge is 0.293 e. The highest BCUT2D eigenvalue weighted by atomic mass is 19.1. The summed E-state index contributed by atoms with van der Waals surface area (Å²) >= 11 is 0. The van der Waals surface area contributed by atoms with Crippen molar-refractivity contribution in [2.45, 2.75) is 6.92 Å². The highest BCUT2D eigenvalue weighted by Crippen LogP contribution is 2.04. The van der Waals surface area contributed by atoms with E-state index in [1.165, 1.54) is 6.92 Å². The normalized spacial score (nSPS) is 9.08. The summed E-state index contributed by atoms with van der Waals surface area (Å²) in [6.07, 6.45) is 0. The summed E-state index contributed by atoms with van der Waals surface area (Å²) in [5, 5.41) is 8.38. The zero-order chi connectivity index (χ0) is 9.14. The first kappa shape index (κ1) is 8.34. The van der Waals surface area contributed by atoms with Crippen LogP contribution >= 0.6 is 0 Å². The Bertz CT molecular complexity index is 368. The van der Waals surface area contributed by atoms with Crippen molar-refractivity contribution < 1.29 is 9.18 Å². The molecule has 0 radical (unpaired) electrons. The maximum absolute atomic E-state index is 12.6. The standard InChI is InChI=1S/C8H5FN2O/c1-5(12)8-3-6(9)2-7(4-10)11-8/h2-3H,1H3. The molecule has 0 aliphatic heterocycles. The van der Waals surface area contributed by atoms with Gasteiger partial charge in [-0.25, -0.2) is 9.37 Å². The number of carbonyl (C=O) groups is 1. The van der Waals surface area contributed by atoms with Crippen molar-refractivity contribution in [1.82, 2.24) is 4.98 Å². The van der Waals surface area contributed by atoms with Crippen LogP contribution in [0.25, 0.3) is 0 Å². The van der Waals surface area contributed by atoms with Crippen molar-refractivity contribution in [3.8, 4) is 6.07 Å². The third-order valence-electron chi connectivity index (χ3n) is 1.27. The van der Waals surface area contributed by atoms with E-state index in [-0.39, 0.29) is 17.2 Å². The van der Waals surface area contributed by atoms with Gasteiger partial charge in [0.1, 0.15) is 23.3 Å². The number of ketones is 1. The molecule has 0 bridgehead atoms. The predicted molar refractivity (Wildman–Crippen MR) is 38.9 cm³/mol. The van der Waals surface area contributed by atoms with Crippen molar-refractivity contribution in [2.75, 3.05) is 0 Å². The van der Waals surface area contributed by atoms with E-state index in [4.69, 9.17) is 5.26 Å². The first-order valence-electron chi connectivity index (χ1n) is 3.22. The number of pyridine rings is 1. The fourth-order valence-electron chi connectivity index (χ4n) is 0.735. The van der Waals surface area contributed by atoms with Gasteiger partial charge in [0.25, 0.3) is 0 Å². The Morgan fingerprint density at radius 1 is 1.67 bits per heavy atom. The lowest BCUT2D eigenvalue weighted by molar-refractivity contribution is 0.101. The molecule has 0 spiro atoms. The number of carbonyl (C=O) groups excluding carboxylic acids is 1. The summed E-state index contributed by atoms with van der Waals surface area (Å²) in [5.41, 5.74) is -0.105. The molecule has 0 aromatic carbocycles. The van der Waals surface area contributed by atoms with E-state index in [0.29, 0.717) is 0 Å². The molecule has 0 amide bonds. The van der Waals surface area contributed by atoms with E-state index in [2.05, 4.69) is 4.98 Å². The summed E-state index contributed by atoms with van der Waals surface area (Å²) in [7, 11) is 0. The van der Waals surface area contributed by atoms with Crippen LogP contribution in [0.3, 0.4) is 0 Å². The lowest BCUT2D eigenvalue weighted by atomic mass is 10.2. The van der Waals surface area contributed by atoms with Crippen LogP contribution in [0.15, 0.2) is 12.1 Å². The number of Topliss-reactive ketones (excluding diaryl/α,β-unsaturated/α-hetero) is 1. The fraction of sp³-hybridized carbons (Fsp3) is 0.125. The summed E-state index contributed by atoms with van der Waals surface area (Å²) < 4.78 is 12.6. The molecule has 0 fully saturated rings. The second kappa shape index (κ2) is 3.09. The third-order valence-corrected chi connectivity index (χ3v) is 1.27. The monoisotopic (exact) mass is 164 g/mol. The highest BCUT2D eigenvalue weighted by molar-refractivity contribution is 5.92. The van der Waals surface area contributed by atoms with Gasteiger partial charge in [-0.3, -0.25) is 4.79 Å². The molecule has 0 saturated carbocycles. The fourth-order valence-corrected chi connectivity index (χ4v) is 0.735. The van der Waals surface area contributed by atoms with E-state index in [1.54, 1.807) is 6.07 Å². The second-order valence-corrected chi connectivity index (χ2v) is 2.22. The number of halogens is 1. The average Bonchev–Trinajstić information content (AvgIpc) is 2.03. The zero-order valence-electron chi connectivity index (χ0n) is 6.34. The SMILES string of the molecule is CC(=O)c1cc(F)cc(C#N)n1. The summed E-state index contributed by atoms with van der Waals surface area (Å²) in [4.78, 5) is 14.3. The molecule has 1 heterocycles. The topological polar surface area (TPSA) is 53.8 Å². The van der Waals surface area contributed by atoms with Crippen LogP contribution in [0, 0.1) is 17.1 Å². The van der Waals surface area contributed by atoms with Gasteiger partial charge in [-0.15, -0.1) is 0 Å². The van der Waals surface area contributed by atoms with Gasteiger partial charge < -0.3 is 0 Å². The third kappa shape index (κ3) is 1.64. The molecule has 60 valence electrons. The van der Waals surface area contributed by atoms with Crippen LogP contribution in [-0.4, -0.2) is 10.8 Å².